The summed E-state index contributed by atoms with van der Waals surface area (Å²) in [4.78, 5) is 14.8. The molecule has 2 aromatic rings. The van der Waals surface area contributed by atoms with Crippen LogP contribution in [-0.4, -0.2) is 24.0 Å². The number of nitrogens with zero attached hydrogens (tertiary/aromatic N) is 2. The lowest BCUT2D eigenvalue weighted by Gasteiger charge is -2.11. The normalized spacial score (nSPS) is 10.8. The summed E-state index contributed by atoms with van der Waals surface area (Å²) in [6.45, 7) is 3.58. The largest absolute Gasteiger partial charge is 0.357 e. The Morgan fingerprint density at radius 1 is 1.15 bits per heavy atom. The van der Waals surface area contributed by atoms with Gasteiger partial charge in [0.15, 0.2) is 5.96 Å². The first-order valence-electron chi connectivity index (χ1n) is 8.08. The number of nitro groups is 1. The van der Waals surface area contributed by atoms with Crippen molar-refractivity contribution in [2.75, 3.05) is 13.1 Å². The van der Waals surface area contributed by atoms with E-state index in [1.807, 2.05) is 13.0 Å². The van der Waals surface area contributed by atoms with Gasteiger partial charge in [0.2, 0.25) is 0 Å². The summed E-state index contributed by atoms with van der Waals surface area (Å²) in [5.41, 5.74) is 1.72. The Hall–Kier alpha value is -2.23. The summed E-state index contributed by atoms with van der Waals surface area (Å²) < 4.78 is 13.2. The number of guanidine groups is 1. The maximum absolute atomic E-state index is 13.2. The summed E-state index contributed by atoms with van der Waals surface area (Å²) in [5, 5.41) is 17.1. The van der Waals surface area contributed by atoms with Gasteiger partial charge >= 0.3 is 0 Å². The van der Waals surface area contributed by atoms with E-state index < -0.39 is 4.92 Å². The van der Waals surface area contributed by atoms with Crippen molar-refractivity contribution in [3.8, 4) is 0 Å². The molecule has 2 rings (SSSR count). The minimum absolute atomic E-state index is 0. The molecule has 0 unspecified atom stereocenters. The number of nitro benzene ring substituents is 1. The summed E-state index contributed by atoms with van der Waals surface area (Å²) in [7, 11) is 0. The fourth-order valence-corrected chi connectivity index (χ4v) is 2.30. The van der Waals surface area contributed by atoms with Gasteiger partial charge < -0.3 is 10.6 Å². The van der Waals surface area contributed by atoms with Gasteiger partial charge in [0, 0.05) is 25.2 Å². The third kappa shape index (κ3) is 7.34. The Bertz CT molecular complexity index is 755. The lowest BCUT2D eigenvalue weighted by atomic mass is 10.1. The van der Waals surface area contributed by atoms with Crippen LogP contribution in [0.3, 0.4) is 0 Å². The van der Waals surface area contributed by atoms with Crippen LogP contribution in [0.2, 0.25) is 0 Å². The van der Waals surface area contributed by atoms with Gasteiger partial charge in [-0.25, -0.2) is 9.38 Å². The number of rotatable bonds is 7. The van der Waals surface area contributed by atoms with Gasteiger partial charge in [0.05, 0.1) is 11.5 Å². The van der Waals surface area contributed by atoms with Crippen molar-refractivity contribution in [3.63, 3.8) is 0 Å². The van der Waals surface area contributed by atoms with Crippen molar-refractivity contribution in [1.82, 2.24) is 10.6 Å². The highest BCUT2D eigenvalue weighted by Gasteiger charge is 2.05. The van der Waals surface area contributed by atoms with Crippen LogP contribution in [-0.2, 0) is 13.0 Å². The Kier molecular flexibility index (Phi) is 9.56. The number of hydrogen-bond donors (Lipinski definition) is 2. The van der Waals surface area contributed by atoms with Gasteiger partial charge in [0.25, 0.3) is 5.69 Å². The fourth-order valence-electron chi connectivity index (χ4n) is 2.30. The number of non-ortho nitro benzene ring substituents is 1. The van der Waals surface area contributed by atoms with E-state index >= 15 is 0 Å². The average Bonchev–Trinajstić information content (AvgIpc) is 2.60. The first-order chi connectivity index (χ1) is 12.1. The molecule has 0 aliphatic heterocycles. The predicted molar refractivity (Wildman–Crippen MR) is 111 cm³/mol. The molecule has 0 heterocycles. The maximum Gasteiger partial charge on any atom is 0.269 e. The summed E-state index contributed by atoms with van der Waals surface area (Å²) in [6.07, 6.45) is 0.666. The molecule has 0 bridgehead atoms. The minimum atomic E-state index is -0.421. The van der Waals surface area contributed by atoms with E-state index in [0.717, 1.165) is 11.1 Å². The number of hydrogen-bond acceptors (Lipinski definition) is 3. The molecule has 140 valence electrons. The molecule has 0 saturated heterocycles. The second-order valence-corrected chi connectivity index (χ2v) is 5.43. The molecular formula is C18H22FIN4O2. The van der Waals surface area contributed by atoms with Crippen LogP contribution in [0.1, 0.15) is 18.1 Å². The molecule has 0 radical (unpaired) electrons. The zero-order valence-corrected chi connectivity index (χ0v) is 16.8. The highest BCUT2D eigenvalue weighted by molar-refractivity contribution is 14.0. The Morgan fingerprint density at radius 3 is 2.58 bits per heavy atom. The zero-order chi connectivity index (χ0) is 18.1. The fraction of sp³-hybridized carbons (Fsp3) is 0.278. The zero-order valence-electron chi connectivity index (χ0n) is 14.4. The van der Waals surface area contributed by atoms with Gasteiger partial charge in [-0.2, -0.15) is 0 Å². The molecule has 2 N–H and O–H groups in total. The van der Waals surface area contributed by atoms with Crippen LogP contribution in [0.4, 0.5) is 10.1 Å². The molecule has 0 saturated carbocycles. The molecule has 0 amide bonds. The van der Waals surface area contributed by atoms with Crippen molar-refractivity contribution in [2.45, 2.75) is 19.9 Å². The molecule has 0 aliphatic rings. The molecule has 0 atom stereocenters. The van der Waals surface area contributed by atoms with Crippen molar-refractivity contribution in [3.05, 3.63) is 75.6 Å². The molecule has 0 aromatic heterocycles. The SMILES string of the molecule is CCNC(=NCc1cccc([N+](=O)[O-])c1)NCCc1cccc(F)c1.I. The number of benzene rings is 2. The minimum Gasteiger partial charge on any atom is -0.357 e. The Balaban J connectivity index is 0.00000338. The van der Waals surface area contributed by atoms with Crippen molar-refractivity contribution in [1.29, 1.82) is 0 Å². The molecule has 0 spiro atoms. The lowest BCUT2D eigenvalue weighted by molar-refractivity contribution is -0.384. The molecule has 26 heavy (non-hydrogen) atoms. The average molecular weight is 472 g/mol. The highest BCUT2D eigenvalue weighted by atomic mass is 127. The monoisotopic (exact) mass is 472 g/mol. The summed E-state index contributed by atoms with van der Waals surface area (Å²) in [5.74, 6) is 0.370. The molecule has 0 aliphatic carbocycles. The van der Waals surface area contributed by atoms with Crippen LogP contribution in [0.15, 0.2) is 53.5 Å². The van der Waals surface area contributed by atoms with Gasteiger partial charge in [-0.15, -0.1) is 24.0 Å². The van der Waals surface area contributed by atoms with Crippen molar-refractivity contribution >= 4 is 35.6 Å². The third-order valence-electron chi connectivity index (χ3n) is 3.48. The highest BCUT2D eigenvalue weighted by Crippen LogP contribution is 2.13. The number of halogens is 2. The van der Waals surface area contributed by atoms with Gasteiger partial charge in [0.1, 0.15) is 5.82 Å². The van der Waals surface area contributed by atoms with E-state index in [4.69, 9.17) is 0 Å². The van der Waals surface area contributed by atoms with Crippen LogP contribution >= 0.6 is 24.0 Å². The summed E-state index contributed by atoms with van der Waals surface area (Å²) >= 11 is 0. The molecule has 2 aromatic carbocycles. The van der Waals surface area contributed by atoms with E-state index in [9.17, 15) is 14.5 Å². The predicted octanol–water partition coefficient (Wildman–Crippen LogP) is 3.65. The standard InChI is InChI=1S/C18H21FN4O2.HI/c1-2-20-18(21-10-9-14-5-3-7-16(19)11-14)22-13-15-6-4-8-17(12-15)23(24)25;/h3-8,11-12H,2,9-10,13H2,1H3,(H2,20,21,22);1H. The summed E-state index contributed by atoms with van der Waals surface area (Å²) in [6, 6.07) is 12.9. The first-order valence-corrected chi connectivity index (χ1v) is 8.08. The number of nitrogens with one attached hydrogen (secondary N) is 2. The van der Waals surface area contributed by atoms with E-state index in [1.54, 1.807) is 18.2 Å². The van der Waals surface area contributed by atoms with E-state index in [0.29, 0.717) is 32.0 Å². The third-order valence-corrected chi connectivity index (χ3v) is 3.48. The van der Waals surface area contributed by atoms with E-state index in [-0.39, 0.29) is 35.5 Å². The van der Waals surface area contributed by atoms with Crippen LogP contribution in [0, 0.1) is 15.9 Å². The van der Waals surface area contributed by atoms with Crippen LogP contribution in [0.25, 0.3) is 0 Å². The van der Waals surface area contributed by atoms with E-state index in [2.05, 4.69) is 15.6 Å². The van der Waals surface area contributed by atoms with Gasteiger partial charge in [-0.05, 0) is 36.6 Å². The lowest BCUT2D eigenvalue weighted by Crippen LogP contribution is -2.38. The Labute approximate surface area is 169 Å². The molecule has 0 fully saturated rings. The quantitative estimate of drug-likeness (QED) is 0.212. The second kappa shape index (κ2) is 11.4. The maximum atomic E-state index is 13.2. The van der Waals surface area contributed by atoms with Crippen molar-refractivity contribution in [2.24, 2.45) is 4.99 Å². The van der Waals surface area contributed by atoms with E-state index in [1.165, 1.54) is 24.3 Å². The molecule has 8 heteroatoms. The second-order valence-electron chi connectivity index (χ2n) is 5.43. The smallest absolute Gasteiger partial charge is 0.269 e. The van der Waals surface area contributed by atoms with Crippen LogP contribution < -0.4 is 10.6 Å². The van der Waals surface area contributed by atoms with Crippen LogP contribution in [0.5, 0.6) is 0 Å². The topological polar surface area (TPSA) is 79.6 Å². The first kappa shape index (κ1) is 21.8. The number of aliphatic imine (C=N–C) groups is 1. The molecular weight excluding hydrogens is 450 g/mol. The Morgan fingerprint density at radius 2 is 1.88 bits per heavy atom. The van der Waals surface area contributed by atoms with Crippen molar-refractivity contribution < 1.29 is 9.31 Å². The van der Waals surface area contributed by atoms with Gasteiger partial charge in [-0.3, -0.25) is 10.1 Å². The van der Waals surface area contributed by atoms with Gasteiger partial charge in [-0.1, -0.05) is 24.3 Å². The molecule has 6 nitrogen and oxygen atoms in total.